The first-order valence-corrected chi connectivity index (χ1v) is 9.48. The number of hydrogen-bond acceptors (Lipinski definition) is 3. The van der Waals surface area contributed by atoms with Crippen molar-refractivity contribution in [2.24, 2.45) is 11.3 Å². The predicted molar refractivity (Wildman–Crippen MR) is 100 cm³/mol. The Balaban J connectivity index is 1.65. The lowest BCUT2D eigenvalue weighted by molar-refractivity contribution is -0.128. The Kier molecular flexibility index (Phi) is 4.25. The Labute approximate surface area is 154 Å². The standard InChI is InChI=1S/C21H27N3O2/c1-21(2)11-18(23-20(25)14-5-4-6-14)17-13-22-24(19(17)12-21)15-7-9-16(26-3)10-8-15/h7-10,13-14,18H,4-6,11-12H2,1-3H3,(H,23,25). The van der Waals surface area contributed by atoms with E-state index in [9.17, 15) is 4.79 Å². The summed E-state index contributed by atoms with van der Waals surface area (Å²) < 4.78 is 7.27. The molecule has 5 heteroatoms. The van der Waals surface area contributed by atoms with Gasteiger partial charge in [0, 0.05) is 11.5 Å². The van der Waals surface area contributed by atoms with Crippen molar-refractivity contribution < 1.29 is 9.53 Å². The van der Waals surface area contributed by atoms with Crippen molar-refractivity contribution in [1.29, 1.82) is 0 Å². The maximum absolute atomic E-state index is 12.5. The first kappa shape index (κ1) is 17.1. The van der Waals surface area contributed by atoms with Gasteiger partial charge in [0.1, 0.15) is 5.75 Å². The van der Waals surface area contributed by atoms with Gasteiger partial charge in [-0.15, -0.1) is 0 Å². The molecule has 1 saturated carbocycles. The number of carbonyl (C=O) groups is 1. The van der Waals surface area contributed by atoms with Crippen molar-refractivity contribution in [3.63, 3.8) is 0 Å². The summed E-state index contributed by atoms with van der Waals surface area (Å²) >= 11 is 0. The minimum absolute atomic E-state index is 0.0499. The van der Waals surface area contributed by atoms with Gasteiger partial charge in [-0.1, -0.05) is 20.3 Å². The highest BCUT2D eigenvalue weighted by atomic mass is 16.5. The molecule has 1 atom stereocenters. The molecule has 1 heterocycles. The van der Waals surface area contributed by atoms with E-state index in [0.717, 1.165) is 42.7 Å². The second-order valence-corrected chi connectivity index (χ2v) is 8.39. The topological polar surface area (TPSA) is 56.1 Å². The summed E-state index contributed by atoms with van der Waals surface area (Å²) in [6.07, 6.45) is 7.06. The molecule has 138 valence electrons. The number of hydrogen-bond donors (Lipinski definition) is 1. The van der Waals surface area contributed by atoms with E-state index in [1.807, 2.05) is 35.1 Å². The van der Waals surface area contributed by atoms with Crippen molar-refractivity contribution in [1.82, 2.24) is 15.1 Å². The van der Waals surface area contributed by atoms with Crippen LogP contribution in [0.5, 0.6) is 5.75 Å². The van der Waals surface area contributed by atoms with Crippen LogP contribution in [-0.4, -0.2) is 22.8 Å². The number of nitrogens with one attached hydrogen (secondary N) is 1. The Morgan fingerprint density at radius 3 is 2.62 bits per heavy atom. The first-order valence-electron chi connectivity index (χ1n) is 9.48. The summed E-state index contributed by atoms with van der Waals surface area (Å²) in [4.78, 5) is 12.5. The predicted octanol–water partition coefficient (Wildman–Crippen LogP) is 3.81. The van der Waals surface area contributed by atoms with Crippen LogP contribution in [0.15, 0.2) is 30.5 Å². The molecule has 1 unspecified atom stereocenters. The van der Waals surface area contributed by atoms with Crippen molar-refractivity contribution in [2.75, 3.05) is 7.11 Å². The van der Waals surface area contributed by atoms with Gasteiger partial charge in [0.25, 0.3) is 0 Å². The minimum atomic E-state index is 0.0499. The zero-order chi connectivity index (χ0) is 18.3. The molecule has 1 fully saturated rings. The van der Waals surface area contributed by atoms with Gasteiger partial charge in [0.05, 0.1) is 30.7 Å². The summed E-state index contributed by atoms with van der Waals surface area (Å²) in [6.45, 7) is 4.54. The Morgan fingerprint density at radius 2 is 2.00 bits per heavy atom. The molecule has 0 saturated heterocycles. The van der Waals surface area contributed by atoms with Gasteiger partial charge in [0.15, 0.2) is 0 Å². The molecule has 2 aromatic rings. The molecule has 0 bridgehead atoms. The summed E-state index contributed by atoms with van der Waals surface area (Å²) in [7, 11) is 1.67. The number of rotatable bonds is 4. The van der Waals surface area contributed by atoms with Crippen LogP contribution in [0.1, 0.15) is 56.8 Å². The van der Waals surface area contributed by atoms with Crippen LogP contribution in [0.2, 0.25) is 0 Å². The second kappa shape index (κ2) is 6.45. The number of nitrogens with zero attached hydrogens (tertiary/aromatic N) is 2. The lowest BCUT2D eigenvalue weighted by Gasteiger charge is -2.37. The number of carbonyl (C=O) groups excluding carboxylic acids is 1. The van der Waals surface area contributed by atoms with E-state index in [-0.39, 0.29) is 23.3 Å². The number of amides is 1. The Morgan fingerprint density at radius 1 is 1.27 bits per heavy atom. The smallest absolute Gasteiger partial charge is 0.223 e. The molecule has 5 nitrogen and oxygen atoms in total. The molecular weight excluding hydrogens is 326 g/mol. The number of benzene rings is 1. The molecule has 1 aromatic carbocycles. The largest absolute Gasteiger partial charge is 0.497 e. The van der Waals surface area contributed by atoms with Gasteiger partial charge >= 0.3 is 0 Å². The molecule has 0 radical (unpaired) electrons. The van der Waals surface area contributed by atoms with Crippen LogP contribution >= 0.6 is 0 Å². The van der Waals surface area contributed by atoms with Gasteiger partial charge in [-0.25, -0.2) is 4.68 Å². The molecule has 0 spiro atoms. The number of ether oxygens (including phenoxy) is 1. The SMILES string of the molecule is COc1ccc(-n2ncc3c2CC(C)(C)CC3NC(=O)C2CCC2)cc1. The van der Waals surface area contributed by atoms with Gasteiger partial charge in [-0.3, -0.25) is 4.79 Å². The zero-order valence-corrected chi connectivity index (χ0v) is 15.8. The molecule has 1 N–H and O–H groups in total. The monoisotopic (exact) mass is 353 g/mol. The third-order valence-corrected chi connectivity index (χ3v) is 5.79. The van der Waals surface area contributed by atoms with E-state index in [1.54, 1.807) is 7.11 Å². The normalized spacial score (nSPS) is 21.6. The Bertz CT molecular complexity index is 803. The maximum Gasteiger partial charge on any atom is 0.223 e. The van der Waals surface area contributed by atoms with E-state index in [4.69, 9.17) is 4.74 Å². The van der Waals surface area contributed by atoms with Crippen molar-refractivity contribution in [3.05, 3.63) is 41.7 Å². The molecule has 4 rings (SSSR count). The van der Waals surface area contributed by atoms with E-state index >= 15 is 0 Å². The quantitative estimate of drug-likeness (QED) is 0.909. The molecule has 26 heavy (non-hydrogen) atoms. The highest BCUT2D eigenvalue weighted by Gasteiger charge is 2.37. The molecule has 2 aliphatic rings. The molecule has 2 aliphatic carbocycles. The van der Waals surface area contributed by atoms with E-state index < -0.39 is 0 Å². The van der Waals surface area contributed by atoms with Crippen LogP contribution in [0, 0.1) is 11.3 Å². The fourth-order valence-corrected chi connectivity index (χ4v) is 4.08. The van der Waals surface area contributed by atoms with E-state index in [0.29, 0.717) is 0 Å². The van der Waals surface area contributed by atoms with E-state index in [1.165, 1.54) is 12.1 Å². The third-order valence-electron chi connectivity index (χ3n) is 5.79. The van der Waals surface area contributed by atoms with Crippen molar-refractivity contribution in [3.8, 4) is 11.4 Å². The summed E-state index contributed by atoms with van der Waals surface area (Å²) in [5.74, 6) is 1.25. The van der Waals surface area contributed by atoms with E-state index in [2.05, 4.69) is 24.3 Å². The van der Waals surface area contributed by atoms with Gasteiger partial charge in [0.2, 0.25) is 5.91 Å². The molecule has 0 aliphatic heterocycles. The van der Waals surface area contributed by atoms with Gasteiger partial charge < -0.3 is 10.1 Å². The number of aromatic nitrogens is 2. The average molecular weight is 353 g/mol. The lowest BCUT2D eigenvalue weighted by Crippen LogP contribution is -2.41. The van der Waals surface area contributed by atoms with Crippen LogP contribution in [0.4, 0.5) is 0 Å². The minimum Gasteiger partial charge on any atom is -0.497 e. The first-order chi connectivity index (χ1) is 12.5. The number of methoxy groups -OCH3 is 1. The lowest BCUT2D eigenvalue weighted by atomic mass is 9.74. The van der Waals surface area contributed by atoms with Crippen molar-refractivity contribution >= 4 is 5.91 Å². The summed E-state index contributed by atoms with van der Waals surface area (Å²) in [5, 5.41) is 7.95. The molecular formula is C21H27N3O2. The number of fused-ring (bicyclic) bond motifs is 1. The van der Waals surface area contributed by atoms with Gasteiger partial charge in [-0.05, 0) is 55.4 Å². The summed E-state index contributed by atoms with van der Waals surface area (Å²) in [6, 6.07) is 8.00. The fraction of sp³-hybridized carbons (Fsp3) is 0.524. The van der Waals surface area contributed by atoms with Crippen LogP contribution < -0.4 is 10.1 Å². The second-order valence-electron chi connectivity index (χ2n) is 8.39. The highest BCUT2D eigenvalue weighted by Crippen LogP contribution is 2.42. The molecule has 1 aromatic heterocycles. The third kappa shape index (κ3) is 3.11. The maximum atomic E-state index is 12.5. The fourth-order valence-electron chi connectivity index (χ4n) is 4.08. The van der Waals surface area contributed by atoms with Crippen LogP contribution in [0.3, 0.4) is 0 Å². The molecule has 1 amide bonds. The Hall–Kier alpha value is -2.30. The highest BCUT2D eigenvalue weighted by molar-refractivity contribution is 5.80. The van der Waals surface area contributed by atoms with Crippen molar-refractivity contribution in [2.45, 2.75) is 52.0 Å². The van der Waals surface area contributed by atoms with Gasteiger partial charge in [-0.2, -0.15) is 5.10 Å². The van der Waals surface area contributed by atoms with Crippen LogP contribution in [0.25, 0.3) is 5.69 Å². The van der Waals surface area contributed by atoms with Crippen LogP contribution in [-0.2, 0) is 11.2 Å². The average Bonchev–Trinajstić information content (AvgIpc) is 2.95. The summed E-state index contributed by atoms with van der Waals surface area (Å²) in [5.41, 5.74) is 3.50. The zero-order valence-electron chi connectivity index (χ0n) is 15.8.